The first-order valence-corrected chi connectivity index (χ1v) is 9.61. The van der Waals surface area contributed by atoms with Crippen LogP contribution in [-0.2, 0) is 10.0 Å². The third-order valence-electron chi connectivity index (χ3n) is 3.78. The Morgan fingerprint density at radius 2 is 1.70 bits per heavy atom. The standard InChI is InChI=1S/C19H14ClFN2O3S/c20-13-6-8-15(19(24)12-4-2-1-3-5-12)18(10-13)23-27(25,26)14-7-9-16(21)17(22)11-14/h1-11,23H,22H2. The molecule has 0 spiro atoms. The summed E-state index contributed by atoms with van der Waals surface area (Å²) in [7, 11) is -4.12. The van der Waals surface area contributed by atoms with E-state index in [-0.39, 0.29) is 32.6 Å². The van der Waals surface area contributed by atoms with Crippen LogP contribution >= 0.6 is 11.6 Å². The zero-order valence-electron chi connectivity index (χ0n) is 13.8. The highest BCUT2D eigenvalue weighted by Gasteiger charge is 2.21. The van der Waals surface area contributed by atoms with Crippen LogP contribution in [0.15, 0.2) is 71.6 Å². The Hall–Kier alpha value is -2.90. The van der Waals surface area contributed by atoms with Gasteiger partial charge in [-0.05, 0) is 36.4 Å². The second-order valence-electron chi connectivity index (χ2n) is 5.67. The molecular formula is C19H14ClFN2O3S. The van der Waals surface area contributed by atoms with Crippen molar-refractivity contribution in [1.29, 1.82) is 0 Å². The summed E-state index contributed by atoms with van der Waals surface area (Å²) in [6.07, 6.45) is 0. The summed E-state index contributed by atoms with van der Waals surface area (Å²) in [5, 5.41) is 0.246. The lowest BCUT2D eigenvalue weighted by molar-refractivity contribution is 0.103. The maximum atomic E-state index is 13.3. The van der Waals surface area contributed by atoms with Crippen molar-refractivity contribution >= 4 is 38.8 Å². The normalized spacial score (nSPS) is 11.2. The number of hydrogen-bond donors (Lipinski definition) is 2. The van der Waals surface area contributed by atoms with Crippen molar-refractivity contribution in [3.8, 4) is 0 Å². The van der Waals surface area contributed by atoms with Crippen LogP contribution in [-0.4, -0.2) is 14.2 Å². The van der Waals surface area contributed by atoms with E-state index in [1.54, 1.807) is 30.3 Å². The average Bonchev–Trinajstić information content (AvgIpc) is 2.64. The van der Waals surface area contributed by atoms with Crippen molar-refractivity contribution in [3.63, 3.8) is 0 Å². The Balaban J connectivity index is 2.02. The highest BCUT2D eigenvalue weighted by molar-refractivity contribution is 7.92. The van der Waals surface area contributed by atoms with Gasteiger partial charge in [0.15, 0.2) is 5.78 Å². The number of benzene rings is 3. The van der Waals surface area contributed by atoms with Gasteiger partial charge in [0, 0.05) is 16.1 Å². The monoisotopic (exact) mass is 404 g/mol. The minimum absolute atomic E-state index is 0.0132. The van der Waals surface area contributed by atoms with Crippen molar-refractivity contribution in [2.75, 3.05) is 10.5 Å². The molecule has 138 valence electrons. The number of nitrogens with one attached hydrogen (secondary N) is 1. The molecule has 0 saturated carbocycles. The summed E-state index contributed by atoms with van der Waals surface area (Å²) in [6.45, 7) is 0. The number of nitrogens with two attached hydrogens (primary N) is 1. The first-order chi connectivity index (χ1) is 12.8. The van der Waals surface area contributed by atoms with Crippen LogP contribution in [0.25, 0.3) is 0 Å². The van der Waals surface area contributed by atoms with Crippen molar-refractivity contribution in [2.24, 2.45) is 0 Å². The van der Waals surface area contributed by atoms with Crippen LogP contribution < -0.4 is 10.5 Å². The summed E-state index contributed by atoms with van der Waals surface area (Å²) < 4.78 is 40.9. The second-order valence-corrected chi connectivity index (χ2v) is 7.79. The molecule has 3 aromatic carbocycles. The molecule has 27 heavy (non-hydrogen) atoms. The first-order valence-electron chi connectivity index (χ1n) is 7.75. The Bertz CT molecular complexity index is 1120. The number of halogens is 2. The number of carbonyl (C=O) groups excluding carboxylic acids is 1. The van der Waals surface area contributed by atoms with E-state index in [0.29, 0.717) is 5.56 Å². The quantitative estimate of drug-likeness (QED) is 0.495. The molecule has 0 saturated heterocycles. The lowest BCUT2D eigenvalue weighted by Gasteiger charge is -2.13. The van der Waals surface area contributed by atoms with Gasteiger partial charge in [0.05, 0.1) is 16.3 Å². The van der Waals surface area contributed by atoms with Gasteiger partial charge in [0.1, 0.15) is 5.82 Å². The highest BCUT2D eigenvalue weighted by Crippen LogP contribution is 2.27. The number of carbonyl (C=O) groups is 1. The summed E-state index contributed by atoms with van der Waals surface area (Å²) in [4.78, 5) is 12.5. The number of nitrogen functional groups attached to an aromatic ring is 1. The Morgan fingerprint density at radius 1 is 1.00 bits per heavy atom. The average molecular weight is 405 g/mol. The zero-order chi connectivity index (χ0) is 19.6. The zero-order valence-corrected chi connectivity index (χ0v) is 15.4. The van der Waals surface area contributed by atoms with Crippen LogP contribution in [0.1, 0.15) is 15.9 Å². The molecule has 0 fully saturated rings. The van der Waals surface area contributed by atoms with E-state index in [0.717, 1.165) is 18.2 Å². The van der Waals surface area contributed by atoms with Gasteiger partial charge in [-0.2, -0.15) is 0 Å². The molecule has 0 bridgehead atoms. The minimum Gasteiger partial charge on any atom is -0.396 e. The topological polar surface area (TPSA) is 89.3 Å². The maximum absolute atomic E-state index is 13.3. The van der Waals surface area contributed by atoms with Gasteiger partial charge >= 0.3 is 0 Å². The predicted octanol–water partition coefficient (Wildman–Crippen LogP) is 4.09. The molecule has 0 heterocycles. The largest absolute Gasteiger partial charge is 0.396 e. The number of rotatable bonds is 5. The van der Waals surface area contributed by atoms with Crippen molar-refractivity contribution in [3.05, 3.63) is 88.7 Å². The van der Waals surface area contributed by atoms with E-state index >= 15 is 0 Å². The van der Waals surface area contributed by atoms with Gasteiger partial charge < -0.3 is 5.73 Å². The minimum atomic E-state index is -4.12. The van der Waals surface area contributed by atoms with Gasteiger partial charge in [-0.25, -0.2) is 12.8 Å². The molecule has 0 radical (unpaired) electrons. The molecule has 0 unspecified atom stereocenters. The van der Waals surface area contributed by atoms with Gasteiger partial charge in [0.25, 0.3) is 10.0 Å². The number of hydrogen-bond acceptors (Lipinski definition) is 4. The second kappa shape index (κ2) is 7.38. The lowest BCUT2D eigenvalue weighted by atomic mass is 10.0. The SMILES string of the molecule is Nc1cc(S(=O)(=O)Nc2cc(Cl)ccc2C(=O)c2ccccc2)ccc1F. The van der Waals surface area contributed by atoms with Crippen LogP contribution in [0, 0.1) is 5.82 Å². The van der Waals surface area contributed by atoms with Crippen LogP contribution in [0.5, 0.6) is 0 Å². The van der Waals surface area contributed by atoms with E-state index in [4.69, 9.17) is 17.3 Å². The summed E-state index contributed by atoms with van der Waals surface area (Å²) in [5.41, 5.74) is 5.68. The third kappa shape index (κ3) is 4.10. The fourth-order valence-electron chi connectivity index (χ4n) is 2.44. The predicted molar refractivity (Wildman–Crippen MR) is 103 cm³/mol. The molecule has 0 aliphatic heterocycles. The molecule has 8 heteroatoms. The van der Waals surface area contributed by atoms with Gasteiger partial charge in [-0.15, -0.1) is 0 Å². The molecule has 3 N–H and O–H groups in total. The highest BCUT2D eigenvalue weighted by atomic mass is 35.5. The van der Waals surface area contributed by atoms with Crippen LogP contribution in [0.3, 0.4) is 0 Å². The molecule has 0 aliphatic carbocycles. The molecule has 0 aromatic heterocycles. The Labute approximate surface area is 160 Å². The fraction of sp³-hybridized carbons (Fsp3) is 0. The van der Waals surface area contributed by atoms with Gasteiger partial charge in [0.2, 0.25) is 0 Å². The summed E-state index contributed by atoms with van der Waals surface area (Å²) in [6, 6.07) is 15.7. The third-order valence-corrected chi connectivity index (χ3v) is 5.38. The van der Waals surface area contributed by atoms with E-state index in [2.05, 4.69) is 4.72 Å². The summed E-state index contributed by atoms with van der Waals surface area (Å²) >= 11 is 5.97. The molecule has 5 nitrogen and oxygen atoms in total. The van der Waals surface area contributed by atoms with Crippen LogP contribution in [0.4, 0.5) is 15.8 Å². The molecule has 0 aliphatic rings. The number of sulfonamides is 1. The fourth-order valence-corrected chi connectivity index (χ4v) is 3.71. The number of anilines is 2. The molecule has 0 atom stereocenters. The van der Waals surface area contributed by atoms with Crippen LogP contribution in [0.2, 0.25) is 5.02 Å². The molecule has 3 rings (SSSR count). The van der Waals surface area contributed by atoms with Crippen molar-refractivity contribution < 1.29 is 17.6 Å². The summed E-state index contributed by atoms with van der Waals surface area (Å²) in [5.74, 6) is -1.10. The van der Waals surface area contributed by atoms with Gasteiger partial charge in [-0.3, -0.25) is 9.52 Å². The maximum Gasteiger partial charge on any atom is 0.261 e. The molecule has 0 amide bonds. The van der Waals surface area contributed by atoms with Crippen molar-refractivity contribution in [1.82, 2.24) is 0 Å². The first kappa shape index (κ1) is 18.9. The smallest absolute Gasteiger partial charge is 0.261 e. The number of ketones is 1. The Kier molecular flexibility index (Phi) is 5.16. The van der Waals surface area contributed by atoms with Gasteiger partial charge in [-0.1, -0.05) is 41.9 Å². The van der Waals surface area contributed by atoms with Crippen molar-refractivity contribution in [2.45, 2.75) is 4.90 Å². The Morgan fingerprint density at radius 3 is 2.37 bits per heavy atom. The van der Waals surface area contributed by atoms with E-state index in [9.17, 15) is 17.6 Å². The van der Waals surface area contributed by atoms with E-state index in [1.165, 1.54) is 18.2 Å². The van der Waals surface area contributed by atoms with E-state index in [1.807, 2.05) is 0 Å². The molecular weight excluding hydrogens is 391 g/mol. The molecule has 3 aromatic rings. The lowest BCUT2D eigenvalue weighted by Crippen LogP contribution is -2.16. The van der Waals surface area contributed by atoms with E-state index < -0.39 is 15.8 Å².